The summed E-state index contributed by atoms with van der Waals surface area (Å²) in [5, 5.41) is 19.9. The van der Waals surface area contributed by atoms with E-state index in [4.69, 9.17) is 25.8 Å². The van der Waals surface area contributed by atoms with Crippen LogP contribution in [0.2, 0.25) is 5.02 Å². The zero-order chi connectivity index (χ0) is 19.9. The third-order valence-electron chi connectivity index (χ3n) is 4.11. The van der Waals surface area contributed by atoms with Crippen molar-refractivity contribution in [1.82, 2.24) is 0 Å². The third-order valence-corrected chi connectivity index (χ3v) is 4.35. The fourth-order valence-electron chi connectivity index (χ4n) is 2.71. The summed E-state index contributed by atoms with van der Waals surface area (Å²) >= 11 is 6.12. The monoisotopic (exact) mass is 400 g/mol. The highest BCUT2D eigenvalue weighted by molar-refractivity contribution is 6.30. The molecule has 28 heavy (non-hydrogen) atoms. The molecule has 5 nitrogen and oxygen atoms in total. The number of hydrogen-bond donors (Lipinski definition) is 2. The van der Waals surface area contributed by atoms with E-state index in [0.29, 0.717) is 22.3 Å². The van der Waals surface area contributed by atoms with Crippen molar-refractivity contribution in [1.29, 1.82) is 0 Å². The van der Waals surface area contributed by atoms with Crippen molar-refractivity contribution in [2.75, 3.05) is 13.7 Å². The van der Waals surface area contributed by atoms with Gasteiger partial charge in [0.25, 0.3) is 0 Å². The molecule has 1 unspecified atom stereocenters. The van der Waals surface area contributed by atoms with Gasteiger partial charge in [-0.05, 0) is 47.5 Å². The van der Waals surface area contributed by atoms with Crippen molar-refractivity contribution in [3.63, 3.8) is 0 Å². The number of rotatable bonds is 8. The molecule has 0 bridgehead atoms. The maximum Gasteiger partial charge on any atom is 0.163 e. The van der Waals surface area contributed by atoms with E-state index >= 15 is 0 Å². The lowest BCUT2D eigenvalue weighted by Crippen LogP contribution is -2.13. The van der Waals surface area contributed by atoms with Crippen molar-refractivity contribution in [3.05, 3.63) is 82.9 Å². The summed E-state index contributed by atoms with van der Waals surface area (Å²) in [6.07, 6.45) is -0.614. The summed E-state index contributed by atoms with van der Waals surface area (Å²) in [5.74, 6) is 1.74. The minimum Gasteiger partial charge on any atom is -0.508 e. The minimum absolute atomic E-state index is 0.173. The molecule has 3 rings (SSSR count). The number of phenols is 1. The van der Waals surface area contributed by atoms with Crippen molar-refractivity contribution >= 4 is 11.6 Å². The van der Waals surface area contributed by atoms with Crippen LogP contribution in [0.15, 0.2) is 66.7 Å². The molecule has 0 aromatic heterocycles. The van der Waals surface area contributed by atoms with Crippen LogP contribution < -0.4 is 14.2 Å². The predicted octanol–water partition coefficient (Wildman–Crippen LogP) is 4.75. The molecule has 0 aliphatic carbocycles. The lowest BCUT2D eigenvalue weighted by atomic mass is 10.1. The van der Waals surface area contributed by atoms with E-state index in [1.807, 2.05) is 24.3 Å². The van der Waals surface area contributed by atoms with E-state index in [1.54, 1.807) is 49.6 Å². The van der Waals surface area contributed by atoms with Crippen LogP contribution in [0.1, 0.15) is 17.2 Å². The third kappa shape index (κ3) is 5.09. The molecule has 0 aliphatic heterocycles. The first kappa shape index (κ1) is 19.9. The maximum absolute atomic E-state index is 9.84. The van der Waals surface area contributed by atoms with Gasteiger partial charge in [-0.2, -0.15) is 0 Å². The van der Waals surface area contributed by atoms with Gasteiger partial charge in [0.2, 0.25) is 0 Å². The van der Waals surface area contributed by atoms with E-state index in [0.717, 1.165) is 11.1 Å². The highest BCUT2D eigenvalue weighted by atomic mass is 35.5. The summed E-state index contributed by atoms with van der Waals surface area (Å²) in [7, 11) is 1.58. The molecule has 3 aromatic rings. The minimum atomic E-state index is -0.614. The number of hydrogen-bond acceptors (Lipinski definition) is 5. The van der Waals surface area contributed by atoms with Crippen LogP contribution >= 0.6 is 11.6 Å². The zero-order valence-corrected chi connectivity index (χ0v) is 16.1. The molecule has 0 heterocycles. The highest BCUT2D eigenvalue weighted by Gasteiger charge is 2.17. The van der Waals surface area contributed by atoms with Crippen molar-refractivity contribution in [2.24, 2.45) is 0 Å². The fourth-order valence-corrected chi connectivity index (χ4v) is 2.87. The zero-order valence-electron chi connectivity index (χ0n) is 15.3. The van der Waals surface area contributed by atoms with Crippen LogP contribution in [0.5, 0.6) is 23.0 Å². The van der Waals surface area contributed by atoms with Gasteiger partial charge >= 0.3 is 0 Å². The summed E-state index contributed by atoms with van der Waals surface area (Å²) in [4.78, 5) is 0. The summed E-state index contributed by atoms with van der Waals surface area (Å²) in [6.45, 7) is 0.0149. The van der Waals surface area contributed by atoms with Crippen LogP contribution in [0.4, 0.5) is 0 Å². The molecule has 6 heteroatoms. The van der Waals surface area contributed by atoms with Gasteiger partial charge in [-0.25, -0.2) is 0 Å². The van der Waals surface area contributed by atoms with Gasteiger partial charge in [-0.1, -0.05) is 35.9 Å². The topological polar surface area (TPSA) is 68.2 Å². The molecular formula is C22H21ClO5. The van der Waals surface area contributed by atoms with E-state index < -0.39 is 6.10 Å². The van der Waals surface area contributed by atoms with Crippen LogP contribution in [0, 0.1) is 0 Å². The molecule has 3 aromatic carbocycles. The Morgan fingerprint density at radius 1 is 0.964 bits per heavy atom. The van der Waals surface area contributed by atoms with Gasteiger partial charge in [-0.15, -0.1) is 0 Å². The van der Waals surface area contributed by atoms with Crippen molar-refractivity contribution < 1.29 is 24.4 Å². The Hall–Kier alpha value is -2.89. The highest BCUT2D eigenvalue weighted by Crippen LogP contribution is 2.35. The van der Waals surface area contributed by atoms with Gasteiger partial charge in [0.15, 0.2) is 11.5 Å². The first-order valence-electron chi connectivity index (χ1n) is 8.71. The van der Waals surface area contributed by atoms with Crippen LogP contribution in [0.25, 0.3) is 0 Å². The largest absolute Gasteiger partial charge is 0.508 e. The number of methoxy groups -OCH3 is 1. The van der Waals surface area contributed by atoms with E-state index in [2.05, 4.69) is 0 Å². The SMILES string of the molecule is COc1cccc(C(CO)Oc2cc(Cl)ccc2OCc2cccc(O)c2)c1. The Morgan fingerprint density at radius 2 is 1.79 bits per heavy atom. The number of benzene rings is 3. The molecule has 0 radical (unpaired) electrons. The summed E-state index contributed by atoms with van der Waals surface area (Å²) in [5.41, 5.74) is 1.58. The second-order valence-corrected chi connectivity index (χ2v) is 6.55. The maximum atomic E-state index is 9.84. The smallest absolute Gasteiger partial charge is 0.163 e. The predicted molar refractivity (Wildman–Crippen MR) is 107 cm³/mol. The average molecular weight is 401 g/mol. The Morgan fingerprint density at radius 3 is 2.54 bits per heavy atom. The molecular weight excluding hydrogens is 380 g/mol. The average Bonchev–Trinajstić information content (AvgIpc) is 2.71. The molecule has 0 spiro atoms. The van der Waals surface area contributed by atoms with E-state index in [-0.39, 0.29) is 19.0 Å². The molecule has 0 saturated carbocycles. The standard InChI is InChI=1S/C22H21ClO5/c1-26-19-7-3-5-16(11-19)22(13-24)28-21-12-17(23)8-9-20(21)27-14-15-4-2-6-18(25)10-15/h2-12,22,24-25H,13-14H2,1H3. The summed E-state index contributed by atoms with van der Waals surface area (Å²) in [6, 6.07) is 19.2. The second-order valence-electron chi connectivity index (χ2n) is 6.12. The first-order chi connectivity index (χ1) is 13.6. The van der Waals surface area contributed by atoms with Crippen LogP contribution in [0.3, 0.4) is 0 Å². The van der Waals surface area contributed by atoms with Crippen LogP contribution in [-0.4, -0.2) is 23.9 Å². The van der Waals surface area contributed by atoms with Crippen molar-refractivity contribution in [3.8, 4) is 23.0 Å². The Kier molecular flexibility index (Phi) is 6.63. The molecule has 1 atom stereocenters. The number of halogens is 1. The van der Waals surface area contributed by atoms with Gasteiger partial charge < -0.3 is 24.4 Å². The fraction of sp³-hybridized carbons (Fsp3) is 0.182. The van der Waals surface area contributed by atoms with Gasteiger partial charge in [0, 0.05) is 11.1 Å². The molecule has 2 N–H and O–H groups in total. The Labute approximate surface area is 168 Å². The number of ether oxygens (including phenoxy) is 3. The normalized spacial score (nSPS) is 11.7. The van der Waals surface area contributed by atoms with E-state index in [1.165, 1.54) is 0 Å². The molecule has 0 saturated heterocycles. The summed E-state index contributed by atoms with van der Waals surface area (Å²) < 4.78 is 17.1. The van der Waals surface area contributed by atoms with Gasteiger partial charge in [0.1, 0.15) is 24.2 Å². The van der Waals surface area contributed by atoms with Crippen LogP contribution in [-0.2, 0) is 6.61 Å². The van der Waals surface area contributed by atoms with Crippen molar-refractivity contribution in [2.45, 2.75) is 12.7 Å². The lowest BCUT2D eigenvalue weighted by molar-refractivity contribution is 0.111. The molecule has 0 aliphatic rings. The van der Waals surface area contributed by atoms with E-state index in [9.17, 15) is 10.2 Å². The quantitative estimate of drug-likeness (QED) is 0.571. The first-order valence-corrected chi connectivity index (χ1v) is 9.08. The van der Waals surface area contributed by atoms with Gasteiger partial charge in [-0.3, -0.25) is 0 Å². The van der Waals surface area contributed by atoms with Gasteiger partial charge in [0.05, 0.1) is 13.7 Å². The molecule has 0 amide bonds. The second kappa shape index (κ2) is 9.35. The molecule has 146 valence electrons. The number of phenolic OH excluding ortho intramolecular Hbond substituents is 1. The number of aliphatic hydroxyl groups is 1. The lowest BCUT2D eigenvalue weighted by Gasteiger charge is -2.20. The number of aliphatic hydroxyl groups excluding tert-OH is 1. The number of aromatic hydroxyl groups is 1. The molecule has 0 fully saturated rings. The Balaban J connectivity index is 1.80. The Bertz CT molecular complexity index is 928.